The molecule has 172 valence electrons. The number of rotatable bonds is 6. The van der Waals surface area contributed by atoms with Crippen LogP contribution in [0.2, 0.25) is 5.02 Å². The van der Waals surface area contributed by atoms with Crippen molar-refractivity contribution < 1.29 is 22.7 Å². The average Bonchev–Trinajstić information content (AvgIpc) is 2.80. The van der Waals surface area contributed by atoms with Crippen LogP contribution in [0.25, 0.3) is 0 Å². The summed E-state index contributed by atoms with van der Waals surface area (Å²) in [5, 5.41) is 3.14. The molecule has 0 radical (unpaired) electrons. The molecule has 3 aromatic rings. The number of fused-ring (bicyclic) bond motifs is 1. The second kappa shape index (κ2) is 9.33. The summed E-state index contributed by atoms with van der Waals surface area (Å²) in [7, 11) is -3.96. The normalized spacial score (nSPS) is 15.4. The highest BCUT2D eigenvalue weighted by atomic mass is 35.5. The van der Waals surface area contributed by atoms with Crippen molar-refractivity contribution in [3.05, 3.63) is 77.3 Å². The van der Waals surface area contributed by atoms with Gasteiger partial charge >= 0.3 is 0 Å². The quantitative estimate of drug-likeness (QED) is 0.548. The first-order valence-electron chi connectivity index (χ1n) is 10.4. The molecule has 0 saturated carbocycles. The molecule has 1 atom stereocenters. The molecule has 1 aliphatic rings. The van der Waals surface area contributed by atoms with E-state index in [4.69, 9.17) is 21.1 Å². The molecule has 0 spiro atoms. The van der Waals surface area contributed by atoms with E-state index >= 15 is 0 Å². The lowest BCUT2D eigenvalue weighted by Gasteiger charge is -2.34. The summed E-state index contributed by atoms with van der Waals surface area (Å²) >= 11 is 6.13. The van der Waals surface area contributed by atoms with Crippen molar-refractivity contribution in [1.29, 1.82) is 0 Å². The van der Waals surface area contributed by atoms with E-state index < -0.39 is 22.0 Å². The van der Waals surface area contributed by atoms with E-state index in [0.717, 1.165) is 5.56 Å². The molecular weight excluding hydrogens is 464 g/mol. The molecule has 0 saturated heterocycles. The van der Waals surface area contributed by atoms with Crippen LogP contribution in [0.4, 0.5) is 11.4 Å². The molecule has 1 aliphatic heterocycles. The fourth-order valence-corrected chi connectivity index (χ4v) is 5.08. The molecule has 0 aliphatic carbocycles. The first kappa shape index (κ1) is 22.9. The van der Waals surface area contributed by atoms with Gasteiger partial charge in [0.1, 0.15) is 11.5 Å². The summed E-state index contributed by atoms with van der Waals surface area (Å²) in [6, 6.07) is 18.1. The van der Waals surface area contributed by atoms with Crippen molar-refractivity contribution in [3.63, 3.8) is 0 Å². The van der Waals surface area contributed by atoms with Gasteiger partial charge in [-0.1, -0.05) is 29.3 Å². The second-order valence-corrected chi connectivity index (χ2v) is 9.81. The summed E-state index contributed by atoms with van der Waals surface area (Å²) < 4.78 is 39.4. The molecule has 0 aromatic heterocycles. The first-order valence-corrected chi connectivity index (χ1v) is 12.2. The molecule has 0 fully saturated rings. The molecule has 33 heavy (non-hydrogen) atoms. The number of carbonyl (C=O) groups excluding carboxylic acids is 1. The Hall–Kier alpha value is -3.23. The first-order chi connectivity index (χ1) is 15.8. The third-order valence-corrected chi connectivity index (χ3v) is 7.15. The maximum absolute atomic E-state index is 13.5. The summed E-state index contributed by atoms with van der Waals surface area (Å²) in [5.41, 5.74) is 1.77. The number of hydrogen-bond acceptors (Lipinski definition) is 5. The zero-order valence-electron chi connectivity index (χ0n) is 18.1. The van der Waals surface area contributed by atoms with Crippen LogP contribution < -0.4 is 19.1 Å². The Balaban J connectivity index is 1.63. The molecule has 1 amide bonds. The van der Waals surface area contributed by atoms with Crippen molar-refractivity contribution in [1.82, 2.24) is 0 Å². The van der Waals surface area contributed by atoms with Crippen LogP contribution in [0, 0.1) is 6.92 Å². The van der Waals surface area contributed by atoms with E-state index in [1.165, 1.54) is 10.4 Å². The number of carbonyl (C=O) groups is 1. The number of amides is 1. The van der Waals surface area contributed by atoms with Crippen molar-refractivity contribution in [2.75, 3.05) is 22.8 Å². The predicted molar refractivity (Wildman–Crippen MR) is 128 cm³/mol. The van der Waals surface area contributed by atoms with E-state index in [2.05, 4.69) is 5.32 Å². The minimum Gasteiger partial charge on any atom is -0.494 e. The molecule has 9 heteroatoms. The number of nitrogens with zero attached hydrogens (tertiary/aromatic N) is 1. The highest BCUT2D eigenvalue weighted by Gasteiger charge is 2.37. The molecule has 3 aromatic carbocycles. The van der Waals surface area contributed by atoms with Gasteiger partial charge in [0.15, 0.2) is 6.10 Å². The average molecular weight is 487 g/mol. The van der Waals surface area contributed by atoms with Gasteiger partial charge in [0.2, 0.25) is 0 Å². The van der Waals surface area contributed by atoms with Crippen LogP contribution in [-0.4, -0.2) is 33.6 Å². The van der Waals surface area contributed by atoms with E-state index in [-0.39, 0.29) is 22.9 Å². The van der Waals surface area contributed by atoms with Gasteiger partial charge in [-0.2, -0.15) is 0 Å². The fraction of sp³-hybridized carbons (Fsp3) is 0.208. The summed E-state index contributed by atoms with van der Waals surface area (Å²) in [6.07, 6.45) is -1.06. The molecule has 7 nitrogen and oxygen atoms in total. The van der Waals surface area contributed by atoms with Gasteiger partial charge in [-0.05, 0) is 68.4 Å². The van der Waals surface area contributed by atoms with E-state index in [1.54, 1.807) is 60.7 Å². The topological polar surface area (TPSA) is 84.9 Å². The maximum Gasteiger partial charge on any atom is 0.267 e. The molecule has 4 rings (SSSR count). The van der Waals surface area contributed by atoms with Crippen molar-refractivity contribution in [3.8, 4) is 11.5 Å². The van der Waals surface area contributed by atoms with Gasteiger partial charge in [0.25, 0.3) is 15.9 Å². The Bertz CT molecular complexity index is 1260. The molecule has 0 bridgehead atoms. The maximum atomic E-state index is 13.5. The Morgan fingerprint density at radius 2 is 1.82 bits per heavy atom. The van der Waals surface area contributed by atoms with Crippen LogP contribution in [0.5, 0.6) is 11.5 Å². The number of sulfonamides is 1. The van der Waals surface area contributed by atoms with Crippen LogP contribution in [-0.2, 0) is 14.8 Å². The summed E-state index contributed by atoms with van der Waals surface area (Å²) in [6.45, 7) is 4.10. The van der Waals surface area contributed by atoms with Crippen molar-refractivity contribution in [2.45, 2.75) is 24.8 Å². The van der Waals surface area contributed by atoms with Crippen molar-refractivity contribution in [2.24, 2.45) is 0 Å². The van der Waals surface area contributed by atoms with Crippen LogP contribution >= 0.6 is 11.6 Å². The van der Waals surface area contributed by atoms with E-state index in [1.807, 2.05) is 13.8 Å². The largest absolute Gasteiger partial charge is 0.494 e. The number of ether oxygens (including phenoxy) is 2. The van der Waals surface area contributed by atoms with Gasteiger partial charge in [0.05, 0.1) is 23.7 Å². The standard InChI is InChI=1S/C24H23ClN2O5S/c1-3-31-19-9-7-18(8-10-19)26-24(28)23-15-27(21-14-17(25)6-13-22(21)32-23)33(29,30)20-11-4-16(2)5-12-20/h4-14,23H,3,15H2,1-2H3,(H,26,28). The minimum atomic E-state index is -3.96. The van der Waals surface area contributed by atoms with Crippen LogP contribution in [0.15, 0.2) is 71.6 Å². The zero-order valence-corrected chi connectivity index (χ0v) is 19.7. The molecule has 1 unspecified atom stereocenters. The molecule has 1 heterocycles. The molecule has 1 N–H and O–H groups in total. The third kappa shape index (κ3) is 4.91. The number of anilines is 2. The summed E-state index contributed by atoms with van der Waals surface area (Å²) in [5.74, 6) is 0.475. The Morgan fingerprint density at radius 1 is 1.12 bits per heavy atom. The van der Waals surface area contributed by atoms with Gasteiger partial charge in [-0.25, -0.2) is 8.42 Å². The van der Waals surface area contributed by atoms with Gasteiger partial charge in [-0.3, -0.25) is 9.10 Å². The van der Waals surface area contributed by atoms with Gasteiger partial charge in [-0.15, -0.1) is 0 Å². The monoisotopic (exact) mass is 486 g/mol. The minimum absolute atomic E-state index is 0.117. The number of nitrogens with one attached hydrogen (secondary N) is 1. The molecular formula is C24H23ClN2O5S. The number of halogens is 1. The SMILES string of the molecule is CCOc1ccc(NC(=O)C2CN(S(=O)(=O)c3ccc(C)cc3)c3cc(Cl)ccc3O2)cc1. The predicted octanol–water partition coefficient (Wildman–Crippen LogP) is 4.64. The highest BCUT2D eigenvalue weighted by molar-refractivity contribution is 7.92. The number of aryl methyl sites for hydroxylation is 1. The fourth-order valence-electron chi connectivity index (χ4n) is 3.45. The smallest absolute Gasteiger partial charge is 0.267 e. The Labute approximate surface area is 197 Å². The van der Waals surface area contributed by atoms with Crippen LogP contribution in [0.1, 0.15) is 12.5 Å². The van der Waals surface area contributed by atoms with E-state index in [9.17, 15) is 13.2 Å². The van der Waals surface area contributed by atoms with Crippen molar-refractivity contribution >= 4 is 38.9 Å². The second-order valence-electron chi connectivity index (χ2n) is 7.51. The van der Waals surface area contributed by atoms with E-state index in [0.29, 0.717) is 23.1 Å². The van der Waals surface area contributed by atoms with Gasteiger partial charge < -0.3 is 14.8 Å². The van der Waals surface area contributed by atoms with Gasteiger partial charge in [0, 0.05) is 10.7 Å². The summed E-state index contributed by atoms with van der Waals surface area (Å²) in [4.78, 5) is 13.1. The van der Waals surface area contributed by atoms with Crippen LogP contribution in [0.3, 0.4) is 0 Å². The Kier molecular flexibility index (Phi) is 6.49. The number of hydrogen-bond donors (Lipinski definition) is 1. The zero-order chi connectivity index (χ0) is 23.6. The highest BCUT2D eigenvalue weighted by Crippen LogP contribution is 2.39. The lowest BCUT2D eigenvalue weighted by atomic mass is 10.2. The lowest BCUT2D eigenvalue weighted by Crippen LogP contribution is -2.48. The third-order valence-electron chi connectivity index (χ3n) is 5.12. The Morgan fingerprint density at radius 3 is 2.48 bits per heavy atom. The number of benzene rings is 3. The lowest BCUT2D eigenvalue weighted by molar-refractivity contribution is -0.122.